The first-order valence-electron chi connectivity index (χ1n) is 5.34. The number of rotatable bonds is 4. The molecule has 17 heavy (non-hydrogen) atoms. The van der Waals surface area contributed by atoms with Crippen LogP contribution in [-0.2, 0) is 13.2 Å². The second kappa shape index (κ2) is 5.01. The number of hydrogen-bond acceptors (Lipinski definition) is 3. The second-order valence-corrected chi connectivity index (χ2v) is 3.86. The lowest BCUT2D eigenvalue weighted by Gasteiger charge is -2.17. The summed E-state index contributed by atoms with van der Waals surface area (Å²) in [7, 11) is 1.90. The van der Waals surface area contributed by atoms with E-state index in [9.17, 15) is 4.39 Å². The van der Waals surface area contributed by atoms with Crippen molar-refractivity contribution in [1.82, 2.24) is 0 Å². The summed E-state index contributed by atoms with van der Waals surface area (Å²) in [6, 6.07) is 9.84. The number of nitrogens with zero attached hydrogens (tertiary/aromatic N) is 1. The monoisotopic (exact) mass is 235 g/mol. The van der Waals surface area contributed by atoms with Crippen LogP contribution in [0.2, 0.25) is 0 Å². The molecule has 3 nitrogen and oxygen atoms in total. The van der Waals surface area contributed by atoms with Crippen molar-refractivity contribution >= 4 is 5.69 Å². The molecule has 0 fully saturated rings. The third-order valence-electron chi connectivity index (χ3n) is 2.53. The van der Waals surface area contributed by atoms with E-state index in [2.05, 4.69) is 0 Å². The number of furan rings is 1. The van der Waals surface area contributed by atoms with Crippen molar-refractivity contribution in [3.8, 4) is 0 Å². The highest BCUT2D eigenvalue weighted by atomic mass is 19.1. The molecule has 4 heteroatoms. The number of aliphatic hydroxyl groups is 1. The second-order valence-electron chi connectivity index (χ2n) is 3.86. The number of anilines is 1. The Morgan fingerprint density at radius 1 is 1.12 bits per heavy atom. The van der Waals surface area contributed by atoms with Gasteiger partial charge in [-0.3, -0.25) is 0 Å². The summed E-state index contributed by atoms with van der Waals surface area (Å²) >= 11 is 0. The zero-order valence-corrected chi connectivity index (χ0v) is 9.56. The molecule has 0 aliphatic carbocycles. The Bertz CT molecular complexity index is 478. The summed E-state index contributed by atoms with van der Waals surface area (Å²) < 4.78 is 18.1. The van der Waals surface area contributed by atoms with Crippen molar-refractivity contribution in [2.75, 3.05) is 11.9 Å². The summed E-state index contributed by atoms with van der Waals surface area (Å²) in [5, 5.41) is 8.88. The molecule has 1 aromatic heterocycles. The minimum Gasteiger partial charge on any atom is -0.462 e. The molecule has 0 aliphatic rings. The number of aliphatic hydroxyl groups excluding tert-OH is 1. The molecule has 0 saturated heterocycles. The Hall–Kier alpha value is -1.81. The van der Waals surface area contributed by atoms with E-state index in [0.29, 0.717) is 12.3 Å². The molecule has 90 valence electrons. The Morgan fingerprint density at radius 3 is 2.35 bits per heavy atom. The minimum atomic E-state index is -0.247. The van der Waals surface area contributed by atoms with Crippen LogP contribution in [0.5, 0.6) is 0 Å². The van der Waals surface area contributed by atoms with E-state index >= 15 is 0 Å². The maximum absolute atomic E-state index is 12.8. The van der Waals surface area contributed by atoms with E-state index in [1.165, 1.54) is 12.1 Å². The van der Waals surface area contributed by atoms with Crippen molar-refractivity contribution in [2.24, 2.45) is 0 Å². The first-order valence-corrected chi connectivity index (χ1v) is 5.34. The highest BCUT2D eigenvalue weighted by Crippen LogP contribution is 2.17. The van der Waals surface area contributed by atoms with Crippen LogP contribution in [0.1, 0.15) is 11.5 Å². The topological polar surface area (TPSA) is 36.6 Å². The first-order chi connectivity index (χ1) is 8.19. The van der Waals surface area contributed by atoms with E-state index < -0.39 is 0 Å². The van der Waals surface area contributed by atoms with Crippen LogP contribution in [0.3, 0.4) is 0 Å². The van der Waals surface area contributed by atoms with E-state index in [4.69, 9.17) is 9.52 Å². The van der Waals surface area contributed by atoms with E-state index in [0.717, 1.165) is 11.4 Å². The van der Waals surface area contributed by atoms with Crippen LogP contribution in [0.25, 0.3) is 0 Å². The third-order valence-corrected chi connectivity index (χ3v) is 2.53. The molecule has 1 heterocycles. The van der Waals surface area contributed by atoms with Gasteiger partial charge in [-0.1, -0.05) is 0 Å². The summed E-state index contributed by atoms with van der Waals surface area (Å²) in [5.41, 5.74) is 0.911. The quantitative estimate of drug-likeness (QED) is 0.884. The van der Waals surface area contributed by atoms with Gasteiger partial charge < -0.3 is 14.4 Å². The lowest BCUT2D eigenvalue weighted by molar-refractivity contribution is 0.243. The van der Waals surface area contributed by atoms with Crippen LogP contribution in [0.15, 0.2) is 40.8 Å². The minimum absolute atomic E-state index is 0.0970. The maximum Gasteiger partial charge on any atom is 0.129 e. The van der Waals surface area contributed by atoms with Gasteiger partial charge in [0.25, 0.3) is 0 Å². The van der Waals surface area contributed by atoms with Crippen LogP contribution >= 0.6 is 0 Å². The molecule has 0 radical (unpaired) electrons. The van der Waals surface area contributed by atoms with Crippen molar-refractivity contribution < 1.29 is 13.9 Å². The summed E-state index contributed by atoms with van der Waals surface area (Å²) in [4.78, 5) is 1.94. The maximum atomic E-state index is 12.8. The van der Waals surface area contributed by atoms with E-state index in [-0.39, 0.29) is 12.4 Å². The van der Waals surface area contributed by atoms with Gasteiger partial charge in [-0.2, -0.15) is 0 Å². The molecule has 1 aromatic carbocycles. The molecular formula is C13H14FNO2. The van der Waals surface area contributed by atoms with Gasteiger partial charge in [0.2, 0.25) is 0 Å². The lowest BCUT2D eigenvalue weighted by atomic mass is 10.3. The Morgan fingerprint density at radius 2 is 1.76 bits per heavy atom. The third kappa shape index (κ3) is 2.85. The highest BCUT2D eigenvalue weighted by molar-refractivity contribution is 5.45. The average molecular weight is 235 g/mol. The molecular weight excluding hydrogens is 221 g/mol. The molecule has 2 aromatic rings. The molecule has 1 N–H and O–H groups in total. The summed E-state index contributed by atoms with van der Waals surface area (Å²) in [5.74, 6) is 1.07. The smallest absolute Gasteiger partial charge is 0.129 e. The fourth-order valence-electron chi connectivity index (χ4n) is 1.61. The molecule has 0 saturated carbocycles. The van der Waals surface area contributed by atoms with E-state index in [1.54, 1.807) is 18.2 Å². The zero-order valence-electron chi connectivity index (χ0n) is 9.56. The van der Waals surface area contributed by atoms with Gasteiger partial charge in [0.15, 0.2) is 0 Å². The fraction of sp³-hybridized carbons (Fsp3) is 0.231. The van der Waals surface area contributed by atoms with Crippen molar-refractivity contribution in [3.05, 3.63) is 53.7 Å². The van der Waals surface area contributed by atoms with Gasteiger partial charge in [0, 0.05) is 12.7 Å². The van der Waals surface area contributed by atoms with Gasteiger partial charge in [0.05, 0.1) is 6.54 Å². The van der Waals surface area contributed by atoms with Crippen LogP contribution in [-0.4, -0.2) is 12.2 Å². The first kappa shape index (κ1) is 11.7. The molecule has 0 spiro atoms. The van der Waals surface area contributed by atoms with Crippen LogP contribution < -0.4 is 4.90 Å². The van der Waals surface area contributed by atoms with Gasteiger partial charge in [-0.25, -0.2) is 4.39 Å². The van der Waals surface area contributed by atoms with Gasteiger partial charge in [-0.15, -0.1) is 0 Å². The average Bonchev–Trinajstić information content (AvgIpc) is 2.77. The largest absolute Gasteiger partial charge is 0.462 e. The van der Waals surface area contributed by atoms with Gasteiger partial charge in [-0.05, 0) is 36.4 Å². The Balaban J connectivity index is 2.05. The summed E-state index contributed by atoms with van der Waals surface area (Å²) in [6.45, 7) is 0.478. The number of benzene rings is 1. The van der Waals surface area contributed by atoms with Crippen LogP contribution in [0.4, 0.5) is 10.1 Å². The van der Waals surface area contributed by atoms with E-state index in [1.807, 2.05) is 18.0 Å². The van der Waals surface area contributed by atoms with Crippen molar-refractivity contribution in [2.45, 2.75) is 13.2 Å². The highest BCUT2D eigenvalue weighted by Gasteiger charge is 2.06. The SMILES string of the molecule is CN(Cc1ccc(CO)o1)c1ccc(F)cc1. The molecule has 0 unspecified atom stereocenters. The predicted octanol–water partition coefficient (Wildman–Crippen LogP) is 2.55. The predicted molar refractivity (Wildman–Crippen MR) is 63.1 cm³/mol. The molecule has 0 bridgehead atoms. The molecule has 2 rings (SSSR count). The fourth-order valence-corrected chi connectivity index (χ4v) is 1.61. The molecule has 0 amide bonds. The number of halogens is 1. The number of hydrogen-bond donors (Lipinski definition) is 1. The van der Waals surface area contributed by atoms with Gasteiger partial charge in [0.1, 0.15) is 23.9 Å². The Kier molecular flexibility index (Phi) is 3.44. The normalized spacial score (nSPS) is 10.5. The van der Waals surface area contributed by atoms with Gasteiger partial charge >= 0.3 is 0 Å². The van der Waals surface area contributed by atoms with Crippen LogP contribution in [0, 0.1) is 5.82 Å². The van der Waals surface area contributed by atoms with Crippen molar-refractivity contribution in [3.63, 3.8) is 0 Å². The summed E-state index contributed by atoms with van der Waals surface area (Å²) in [6.07, 6.45) is 0. The zero-order chi connectivity index (χ0) is 12.3. The van der Waals surface area contributed by atoms with Crippen molar-refractivity contribution in [1.29, 1.82) is 0 Å². The molecule has 0 atom stereocenters. The molecule has 0 aliphatic heterocycles. The standard InChI is InChI=1S/C13H14FNO2/c1-15(11-4-2-10(14)3-5-11)8-12-6-7-13(9-16)17-12/h2-7,16H,8-9H2,1H3. The lowest BCUT2D eigenvalue weighted by Crippen LogP contribution is -2.15. The Labute approximate surface area is 99.1 Å².